The van der Waals surface area contributed by atoms with Gasteiger partial charge in [0.25, 0.3) is 6.47 Å². The molecule has 0 heterocycles. The Labute approximate surface area is 98.8 Å². The van der Waals surface area contributed by atoms with E-state index in [4.69, 9.17) is 0 Å². The fourth-order valence-electron chi connectivity index (χ4n) is 0.788. The highest BCUT2D eigenvalue weighted by Gasteiger charge is 1.83. The Morgan fingerprint density at radius 3 is 2.00 bits per heavy atom. The Hall–Kier alpha value is -1.51. The molecule has 0 aromatic heterocycles. The smallest absolute Gasteiger partial charge is 0.293 e. The molecule has 1 rings (SSSR count). The van der Waals surface area contributed by atoms with Gasteiger partial charge in [-0.2, -0.15) is 0 Å². The van der Waals surface area contributed by atoms with Crippen LogP contribution in [0.1, 0.15) is 26.3 Å². The number of nitrogens with one attached hydrogen (secondary N) is 1. The van der Waals surface area contributed by atoms with Crippen molar-refractivity contribution < 1.29 is 9.53 Å². The standard InChI is InChI=1S/C8H11N.C3H6O2.C2H6/c1-7-3-5-8(9-2)6-4-7;1-2-5-3-4;1-2/h3-6,9H,1-2H3;3H,2H2,1H3;1-2H3. The summed E-state index contributed by atoms with van der Waals surface area (Å²) in [6.07, 6.45) is 0. The van der Waals surface area contributed by atoms with E-state index in [1.165, 1.54) is 11.3 Å². The SMILES string of the molecule is CC.CCOC=O.CNc1ccc(C)cc1. The molecule has 3 heteroatoms. The van der Waals surface area contributed by atoms with Gasteiger partial charge < -0.3 is 10.1 Å². The molecule has 0 spiro atoms. The molecule has 0 bridgehead atoms. The second kappa shape index (κ2) is 13.5. The quantitative estimate of drug-likeness (QED) is 0.802. The second-order valence-corrected chi connectivity index (χ2v) is 2.67. The van der Waals surface area contributed by atoms with Crippen LogP contribution in [-0.2, 0) is 9.53 Å². The van der Waals surface area contributed by atoms with Gasteiger partial charge in [-0.25, -0.2) is 0 Å². The van der Waals surface area contributed by atoms with Gasteiger partial charge >= 0.3 is 0 Å². The maximum Gasteiger partial charge on any atom is 0.293 e. The van der Waals surface area contributed by atoms with Crippen molar-refractivity contribution in [3.05, 3.63) is 29.8 Å². The Morgan fingerprint density at radius 1 is 1.25 bits per heavy atom. The first-order chi connectivity index (χ1) is 7.74. The van der Waals surface area contributed by atoms with Crippen molar-refractivity contribution in [3.63, 3.8) is 0 Å². The number of aryl methyl sites for hydroxylation is 1. The lowest BCUT2D eigenvalue weighted by atomic mass is 10.2. The van der Waals surface area contributed by atoms with Crippen molar-refractivity contribution in [3.8, 4) is 0 Å². The van der Waals surface area contributed by atoms with Gasteiger partial charge in [0.2, 0.25) is 0 Å². The molecule has 3 nitrogen and oxygen atoms in total. The molecular formula is C13H23NO2. The Kier molecular flexibility index (Phi) is 14.3. The highest BCUT2D eigenvalue weighted by atomic mass is 16.5. The molecule has 92 valence electrons. The van der Waals surface area contributed by atoms with Crippen LogP contribution >= 0.6 is 0 Å². The van der Waals surface area contributed by atoms with E-state index >= 15 is 0 Å². The topological polar surface area (TPSA) is 38.3 Å². The van der Waals surface area contributed by atoms with Gasteiger partial charge in [0.05, 0.1) is 6.61 Å². The molecule has 0 aliphatic heterocycles. The van der Waals surface area contributed by atoms with E-state index in [0.29, 0.717) is 13.1 Å². The lowest BCUT2D eigenvalue weighted by Gasteiger charge is -1.97. The van der Waals surface area contributed by atoms with Crippen molar-refractivity contribution in [1.82, 2.24) is 0 Å². The van der Waals surface area contributed by atoms with Crippen LogP contribution in [0, 0.1) is 6.92 Å². The van der Waals surface area contributed by atoms with Gasteiger partial charge in [-0.15, -0.1) is 0 Å². The van der Waals surface area contributed by atoms with Crippen molar-refractivity contribution in [2.24, 2.45) is 0 Å². The molecule has 0 saturated carbocycles. The molecule has 1 aromatic carbocycles. The van der Waals surface area contributed by atoms with Crippen LogP contribution in [0.3, 0.4) is 0 Å². The highest BCUT2D eigenvalue weighted by Crippen LogP contribution is 2.06. The molecule has 1 aromatic rings. The van der Waals surface area contributed by atoms with Gasteiger partial charge in [-0.05, 0) is 26.0 Å². The summed E-state index contributed by atoms with van der Waals surface area (Å²) in [4.78, 5) is 9.18. The van der Waals surface area contributed by atoms with Crippen LogP contribution in [0.25, 0.3) is 0 Å². The lowest BCUT2D eigenvalue weighted by Crippen LogP contribution is -1.85. The predicted molar refractivity (Wildman–Crippen MR) is 69.8 cm³/mol. The third-order valence-electron chi connectivity index (χ3n) is 1.57. The lowest BCUT2D eigenvalue weighted by molar-refractivity contribution is -0.128. The normalized spacial score (nSPS) is 7.56. The molecule has 1 N–H and O–H groups in total. The third kappa shape index (κ3) is 10.6. The maximum atomic E-state index is 9.18. The second-order valence-electron chi connectivity index (χ2n) is 2.67. The molecular weight excluding hydrogens is 202 g/mol. The summed E-state index contributed by atoms with van der Waals surface area (Å²) in [5, 5.41) is 3.05. The van der Waals surface area contributed by atoms with E-state index in [1.807, 2.05) is 20.9 Å². The van der Waals surface area contributed by atoms with Crippen LogP contribution in [0.5, 0.6) is 0 Å². The van der Waals surface area contributed by atoms with E-state index in [2.05, 4.69) is 41.2 Å². The van der Waals surface area contributed by atoms with E-state index < -0.39 is 0 Å². The number of ether oxygens (including phenoxy) is 1. The number of anilines is 1. The number of carbonyl (C=O) groups excluding carboxylic acids is 1. The Bertz CT molecular complexity index is 245. The van der Waals surface area contributed by atoms with Crippen LogP contribution in [0.2, 0.25) is 0 Å². The van der Waals surface area contributed by atoms with E-state index in [1.54, 1.807) is 6.92 Å². The summed E-state index contributed by atoms with van der Waals surface area (Å²) in [6.45, 7) is 8.75. The minimum Gasteiger partial charge on any atom is -0.468 e. The van der Waals surface area contributed by atoms with Crippen molar-refractivity contribution in [1.29, 1.82) is 0 Å². The zero-order chi connectivity index (χ0) is 12.8. The molecule has 0 saturated heterocycles. The van der Waals surface area contributed by atoms with Crippen molar-refractivity contribution in [2.75, 3.05) is 19.0 Å². The fourth-order valence-corrected chi connectivity index (χ4v) is 0.788. The monoisotopic (exact) mass is 225 g/mol. The first kappa shape index (κ1) is 16.9. The van der Waals surface area contributed by atoms with E-state index in [-0.39, 0.29) is 0 Å². The van der Waals surface area contributed by atoms with Gasteiger partial charge in [-0.3, -0.25) is 4.79 Å². The molecule has 0 unspecified atom stereocenters. The van der Waals surface area contributed by atoms with Gasteiger partial charge in [0, 0.05) is 12.7 Å². The summed E-state index contributed by atoms with van der Waals surface area (Å²) in [6, 6.07) is 8.31. The number of rotatable bonds is 3. The summed E-state index contributed by atoms with van der Waals surface area (Å²) < 4.78 is 4.15. The van der Waals surface area contributed by atoms with Gasteiger partial charge in [0.1, 0.15) is 0 Å². The maximum absolute atomic E-state index is 9.18. The number of hydrogen-bond acceptors (Lipinski definition) is 3. The van der Waals surface area contributed by atoms with Crippen LogP contribution in [0.4, 0.5) is 5.69 Å². The first-order valence-corrected chi connectivity index (χ1v) is 5.54. The Morgan fingerprint density at radius 2 is 1.75 bits per heavy atom. The molecule has 16 heavy (non-hydrogen) atoms. The predicted octanol–water partition coefficient (Wildman–Crippen LogP) is 3.24. The van der Waals surface area contributed by atoms with E-state index in [9.17, 15) is 4.79 Å². The van der Waals surface area contributed by atoms with Crippen molar-refractivity contribution >= 4 is 12.2 Å². The minimum atomic E-state index is 0.431. The molecule has 0 amide bonds. The highest BCUT2D eigenvalue weighted by molar-refractivity contribution is 5.43. The molecule has 0 radical (unpaired) electrons. The molecule has 0 aliphatic rings. The summed E-state index contributed by atoms with van der Waals surface area (Å²) in [7, 11) is 1.92. The van der Waals surface area contributed by atoms with Gasteiger partial charge in [-0.1, -0.05) is 31.5 Å². The number of hydrogen-bond donors (Lipinski definition) is 1. The average Bonchev–Trinajstić information content (AvgIpc) is 2.34. The van der Waals surface area contributed by atoms with Crippen LogP contribution in [-0.4, -0.2) is 20.1 Å². The fraction of sp³-hybridized carbons (Fsp3) is 0.462. The number of benzene rings is 1. The average molecular weight is 225 g/mol. The third-order valence-corrected chi connectivity index (χ3v) is 1.57. The minimum absolute atomic E-state index is 0.431. The van der Waals surface area contributed by atoms with Crippen LogP contribution in [0.15, 0.2) is 24.3 Å². The molecule has 0 atom stereocenters. The Balaban J connectivity index is 0. The summed E-state index contributed by atoms with van der Waals surface area (Å²) >= 11 is 0. The first-order valence-electron chi connectivity index (χ1n) is 5.54. The van der Waals surface area contributed by atoms with Gasteiger partial charge in [0.15, 0.2) is 0 Å². The zero-order valence-electron chi connectivity index (χ0n) is 10.9. The summed E-state index contributed by atoms with van der Waals surface area (Å²) in [5.74, 6) is 0. The van der Waals surface area contributed by atoms with Crippen LogP contribution < -0.4 is 5.32 Å². The molecule has 0 aliphatic carbocycles. The zero-order valence-corrected chi connectivity index (χ0v) is 10.9. The van der Waals surface area contributed by atoms with E-state index in [0.717, 1.165) is 0 Å². The summed E-state index contributed by atoms with van der Waals surface area (Å²) in [5.41, 5.74) is 2.47. The number of carbonyl (C=O) groups is 1. The largest absolute Gasteiger partial charge is 0.468 e. The van der Waals surface area contributed by atoms with Crippen molar-refractivity contribution in [2.45, 2.75) is 27.7 Å². The molecule has 0 fully saturated rings.